The molecule has 2 aliphatic rings. The van der Waals surface area contributed by atoms with Crippen molar-refractivity contribution in [3.63, 3.8) is 0 Å². The second-order valence-corrected chi connectivity index (χ2v) is 5.94. The van der Waals surface area contributed by atoms with Gasteiger partial charge in [-0.3, -0.25) is 4.79 Å². The number of ether oxygens (including phenoxy) is 1. The number of carbonyl (C=O) groups excluding carboxylic acids is 1. The van der Waals surface area contributed by atoms with Gasteiger partial charge in [0.15, 0.2) is 0 Å². The summed E-state index contributed by atoms with van der Waals surface area (Å²) in [4.78, 5) is 12.2. The van der Waals surface area contributed by atoms with Crippen molar-refractivity contribution in [3.05, 3.63) is 35.4 Å². The quantitative estimate of drug-likeness (QED) is 0.667. The summed E-state index contributed by atoms with van der Waals surface area (Å²) >= 11 is 0. The third-order valence-corrected chi connectivity index (χ3v) is 4.76. The van der Waals surface area contributed by atoms with E-state index >= 15 is 0 Å². The first-order chi connectivity index (χ1) is 10.2. The Hall–Kier alpha value is -1.79. The summed E-state index contributed by atoms with van der Waals surface area (Å²) in [5.74, 6) is 6.06. The number of benzene rings is 1. The Labute approximate surface area is 140 Å². The molecule has 126 valence electrons. The van der Waals surface area contributed by atoms with Gasteiger partial charge in [-0.25, -0.2) is 0 Å². The number of esters is 1. The highest BCUT2D eigenvalue weighted by Gasteiger charge is 2.46. The highest BCUT2D eigenvalue weighted by molar-refractivity contribution is 5.75. The fourth-order valence-electron chi connectivity index (χ4n) is 3.82. The van der Waals surface area contributed by atoms with Crippen LogP contribution in [0, 0.1) is 17.8 Å². The number of nitrogens with one attached hydrogen (secondary N) is 1. The van der Waals surface area contributed by atoms with Crippen molar-refractivity contribution in [2.24, 2.45) is 5.92 Å². The second-order valence-electron chi connectivity index (χ2n) is 5.94. The minimum atomic E-state index is -0.0877. The van der Waals surface area contributed by atoms with Crippen LogP contribution in [0.2, 0.25) is 0 Å². The highest BCUT2D eigenvalue weighted by atomic mass is 16.5. The van der Waals surface area contributed by atoms with Crippen LogP contribution >= 0.6 is 0 Å². The molecule has 1 aromatic rings. The van der Waals surface area contributed by atoms with Gasteiger partial charge in [-0.05, 0) is 43.9 Å². The number of carbonyl (C=O) groups is 1. The van der Waals surface area contributed by atoms with E-state index in [1.54, 1.807) is 0 Å². The molecule has 3 nitrogen and oxygen atoms in total. The van der Waals surface area contributed by atoms with E-state index in [1.165, 1.54) is 12.7 Å². The molecule has 0 amide bonds. The van der Waals surface area contributed by atoms with Gasteiger partial charge in [0.05, 0.1) is 13.0 Å². The molecule has 0 aromatic heterocycles. The van der Waals surface area contributed by atoms with Crippen molar-refractivity contribution >= 4 is 5.97 Å². The Morgan fingerprint density at radius 1 is 1.22 bits per heavy atom. The summed E-state index contributed by atoms with van der Waals surface area (Å²) in [6.45, 7) is 1.84. The van der Waals surface area contributed by atoms with Crippen molar-refractivity contribution in [2.75, 3.05) is 7.11 Å². The molecule has 4 atom stereocenters. The number of rotatable bonds is 2. The van der Waals surface area contributed by atoms with E-state index in [0.717, 1.165) is 24.8 Å². The largest absolute Gasteiger partial charge is 0.469 e. The maximum atomic E-state index is 12.2. The molecule has 0 saturated carbocycles. The maximum Gasteiger partial charge on any atom is 0.310 e. The van der Waals surface area contributed by atoms with Gasteiger partial charge < -0.3 is 10.1 Å². The van der Waals surface area contributed by atoms with Gasteiger partial charge in [-0.15, -0.1) is 5.92 Å². The summed E-state index contributed by atoms with van der Waals surface area (Å²) in [5, 5.41) is 3.56. The lowest BCUT2D eigenvalue weighted by atomic mass is 9.77. The molecule has 3 rings (SSSR count). The average molecular weight is 315 g/mol. The molecule has 0 radical (unpaired) electrons. The summed E-state index contributed by atoms with van der Waals surface area (Å²) in [6.07, 6.45) is 3.24. The van der Waals surface area contributed by atoms with E-state index in [2.05, 4.69) is 29.3 Å². The zero-order valence-corrected chi connectivity index (χ0v) is 12.6. The zero-order chi connectivity index (χ0) is 14.8. The molecule has 23 heavy (non-hydrogen) atoms. The van der Waals surface area contributed by atoms with E-state index < -0.39 is 0 Å². The van der Waals surface area contributed by atoms with Crippen molar-refractivity contribution in [1.82, 2.24) is 5.32 Å². The van der Waals surface area contributed by atoms with Crippen LogP contribution in [-0.4, -0.2) is 25.2 Å². The first-order valence-corrected chi connectivity index (χ1v) is 7.59. The van der Waals surface area contributed by atoms with Crippen LogP contribution in [0.3, 0.4) is 0 Å². The molecule has 2 saturated heterocycles. The van der Waals surface area contributed by atoms with Gasteiger partial charge >= 0.3 is 5.97 Å². The van der Waals surface area contributed by atoms with Crippen LogP contribution in [0.25, 0.3) is 0 Å². The van der Waals surface area contributed by atoms with Crippen molar-refractivity contribution in [2.45, 2.75) is 59.0 Å². The van der Waals surface area contributed by atoms with Crippen LogP contribution in [-0.2, 0) is 9.53 Å². The smallest absolute Gasteiger partial charge is 0.310 e. The monoisotopic (exact) mass is 315 g/mol. The second kappa shape index (κ2) is 8.17. The van der Waals surface area contributed by atoms with Gasteiger partial charge in [0.1, 0.15) is 0 Å². The number of hydrogen-bond donors (Lipinski definition) is 1. The summed E-state index contributed by atoms with van der Waals surface area (Å²) in [5.41, 5.74) is 2.25. The van der Waals surface area contributed by atoms with Crippen molar-refractivity contribution < 1.29 is 9.53 Å². The van der Waals surface area contributed by atoms with E-state index in [1.807, 2.05) is 19.1 Å². The molecule has 0 spiro atoms. The first kappa shape index (κ1) is 19.3. The molecule has 1 aromatic carbocycles. The van der Waals surface area contributed by atoms with Crippen LogP contribution in [0.15, 0.2) is 24.3 Å². The Morgan fingerprint density at radius 2 is 1.91 bits per heavy atom. The van der Waals surface area contributed by atoms with E-state index in [4.69, 9.17) is 4.74 Å². The molecule has 2 heterocycles. The predicted octanol–water partition coefficient (Wildman–Crippen LogP) is 3.73. The number of piperidine rings is 1. The Bertz CT molecular complexity index is 582. The number of methoxy groups -OCH3 is 1. The lowest BCUT2D eigenvalue weighted by molar-refractivity contribution is -0.148. The molecular weight excluding hydrogens is 286 g/mol. The topological polar surface area (TPSA) is 38.3 Å². The molecule has 2 aliphatic heterocycles. The number of fused-ring (bicyclic) bond motifs is 2. The molecule has 3 heteroatoms. The molecule has 2 bridgehead atoms. The molecular formula is C20H29NO2. The maximum absolute atomic E-state index is 12.2. The van der Waals surface area contributed by atoms with Gasteiger partial charge in [-0.2, -0.15) is 0 Å². The normalized spacial score (nSPS) is 27.7. The Morgan fingerprint density at radius 3 is 2.52 bits per heavy atom. The van der Waals surface area contributed by atoms with Gasteiger partial charge in [-0.1, -0.05) is 32.9 Å². The van der Waals surface area contributed by atoms with Gasteiger partial charge in [0.25, 0.3) is 0 Å². The fourth-order valence-corrected chi connectivity index (χ4v) is 3.82. The molecule has 2 fully saturated rings. The van der Waals surface area contributed by atoms with Crippen LogP contribution in [0.4, 0.5) is 0 Å². The predicted molar refractivity (Wildman–Crippen MR) is 95.3 cm³/mol. The van der Waals surface area contributed by atoms with E-state index in [9.17, 15) is 4.79 Å². The van der Waals surface area contributed by atoms with Crippen LogP contribution < -0.4 is 5.32 Å². The summed E-state index contributed by atoms with van der Waals surface area (Å²) in [7, 11) is 1.49. The average Bonchev–Trinajstić information content (AvgIpc) is 2.89. The SMILES string of the molecule is C.C.CC#Cc1ccc([C@H]2C[C@H]3CCC(N3)C2C(=O)OC)cc1. The molecule has 2 unspecified atom stereocenters. The highest BCUT2D eigenvalue weighted by Crippen LogP contribution is 2.42. The van der Waals surface area contributed by atoms with E-state index in [-0.39, 0.29) is 38.7 Å². The van der Waals surface area contributed by atoms with Crippen LogP contribution in [0.1, 0.15) is 58.1 Å². The zero-order valence-electron chi connectivity index (χ0n) is 12.6. The van der Waals surface area contributed by atoms with Crippen LogP contribution in [0.5, 0.6) is 0 Å². The third-order valence-electron chi connectivity index (χ3n) is 4.76. The fraction of sp³-hybridized carbons (Fsp3) is 0.550. The lowest BCUT2D eigenvalue weighted by Crippen LogP contribution is -2.48. The Kier molecular flexibility index (Phi) is 6.84. The number of hydrogen-bond acceptors (Lipinski definition) is 3. The summed E-state index contributed by atoms with van der Waals surface area (Å²) in [6, 6.07) is 9.12. The summed E-state index contributed by atoms with van der Waals surface area (Å²) < 4.78 is 5.05. The van der Waals surface area contributed by atoms with E-state index in [0.29, 0.717) is 6.04 Å². The lowest BCUT2D eigenvalue weighted by Gasteiger charge is -2.36. The van der Waals surface area contributed by atoms with Gasteiger partial charge in [0.2, 0.25) is 0 Å². The first-order valence-electron chi connectivity index (χ1n) is 7.59. The van der Waals surface area contributed by atoms with Gasteiger partial charge in [0, 0.05) is 23.6 Å². The minimum Gasteiger partial charge on any atom is -0.469 e. The third kappa shape index (κ3) is 3.76. The molecule has 1 N–H and O–H groups in total. The van der Waals surface area contributed by atoms with Crippen molar-refractivity contribution in [1.29, 1.82) is 0 Å². The molecule has 0 aliphatic carbocycles. The minimum absolute atomic E-state index is 0. The Balaban J connectivity index is 0.00000132. The standard InChI is InChI=1S/C18H21NO2.2CH4/c1-3-4-12-5-7-13(8-6-12)15-11-14-9-10-16(19-14)17(15)18(20)21-2;;/h5-8,14-17,19H,9-11H2,1-2H3;2*1H4/t14-,15-,16?,17?;;/m1../s1. The van der Waals surface area contributed by atoms with Crippen molar-refractivity contribution in [3.8, 4) is 11.8 Å².